The topological polar surface area (TPSA) is 331 Å². The lowest BCUT2D eigenvalue weighted by Crippen LogP contribution is -2.65. The maximum absolute atomic E-state index is 12.1. The fourth-order valence-corrected chi connectivity index (χ4v) is 14.3. The van der Waals surface area contributed by atoms with Crippen molar-refractivity contribution in [2.75, 3.05) is 19.8 Å². The van der Waals surface area contributed by atoms with Crippen LogP contribution in [0.5, 0.6) is 0 Å². The van der Waals surface area contributed by atoms with Crippen molar-refractivity contribution in [2.24, 2.45) is 46.3 Å². The Hall–Kier alpha value is -1.07. The Labute approximate surface area is 391 Å². The summed E-state index contributed by atoms with van der Waals surface area (Å²) >= 11 is 0. The first-order chi connectivity index (χ1) is 31.4. The van der Waals surface area contributed by atoms with Crippen LogP contribution in [0.25, 0.3) is 0 Å². The zero-order valence-electron chi connectivity index (χ0n) is 38.8. The summed E-state index contributed by atoms with van der Waals surface area (Å²) in [6.07, 6.45) is -14.6. The van der Waals surface area contributed by atoms with Gasteiger partial charge < -0.3 is 84.2 Å². The molecule has 4 heterocycles. The van der Waals surface area contributed by atoms with Gasteiger partial charge in [-0.2, -0.15) is 8.42 Å². The van der Waals surface area contributed by atoms with Gasteiger partial charge in [-0.25, -0.2) is 4.18 Å². The molecular formula is C45H74O21S. The molecule has 8 aliphatic rings. The molecule has 386 valence electrons. The average molecular weight is 983 g/mol. The van der Waals surface area contributed by atoms with Crippen molar-refractivity contribution in [1.82, 2.24) is 0 Å². The van der Waals surface area contributed by atoms with Gasteiger partial charge in [-0.15, -0.1) is 0 Å². The molecule has 0 amide bonds. The molecule has 21 nitrogen and oxygen atoms in total. The minimum atomic E-state index is -5.16. The third-order valence-corrected chi connectivity index (χ3v) is 18.1. The quantitative estimate of drug-likeness (QED) is 0.0734. The Kier molecular flexibility index (Phi) is 15.4. The standard InChI is InChI=1S/C45H74O21S/c1-19(18-59-40-35(52)34(51)32(49)28(16-46)62-40)8-13-45(55)20(2)30-27(65-45)15-26-24-7-6-22-14-23(9-11-43(22,4)25(24)10-12-44(26,30)5)61-42-39(64-41-36(53)33(50)31(48)21(3)60-41)37(54)38(29(17-47)63-42)66-67(56,57)58/h6,19-21,23-42,46-55H,7-18H2,1-5H3,(H,56,57,58)/t19-,20+,21+,23+,24-,25+,26+,27+,28-,29-,30+,31+,32-,33-,34+,35-,36-,37+,38-,39-,40-,41+,42-,43+,44+,45-/m1/s1. The van der Waals surface area contributed by atoms with E-state index in [1.54, 1.807) is 0 Å². The van der Waals surface area contributed by atoms with Crippen LogP contribution in [0.2, 0.25) is 0 Å². The van der Waals surface area contributed by atoms with Crippen LogP contribution in [0.3, 0.4) is 0 Å². The van der Waals surface area contributed by atoms with Gasteiger partial charge in [-0.05, 0) is 98.7 Å². The third kappa shape index (κ3) is 9.69. The molecule has 8 rings (SSSR count). The summed E-state index contributed by atoms with van der Waals surface area (Å²) in [6, 6.07) is 0. The number of aliphatic hydroxyl groups is 10. The first kappa shape index (κ1) is 52.3. The lowest BCUT2D eigenvalue weighted by Gasteiger charge is -2.58. The summed E-state index contributed by atoms with van der Waals surface area (Å²) in [4.78, 5) is 0. The van der Waals surface area contributed by atoms with Gasteiger partial charge in [-0.3, -0.25) is 4.55 Å². The third-order valence-electron chi connectivity index (χ3n) is 17.6. The molecule has 4 saturated heterocycles. The molecule has 26 atom stereocenters. The van der Waals surface area contributed by atoms with E-state index in [4.69, 9.17) is 37.3 Å². The van der Waals surface area contributed by atoms with E-state index in [0.29, 0.717) is 43.4 Å². The van der Waals surface area contributed by atoms with E-state index in [0.717, 1.165) is 32.1 Å². The predicted octanol–water partition coefficient (Wildman–Crippen LogP) is -1.00. The molecule has 0 aromatic heterocycles. The van der Waals surface area contributed by atoms with Crippen LogP contribution in [-0.4, -0.2) is 194 Å². The second kappa shape index (κ2) is 19.7. The van der Waals surface area contributed by atoms with Crippen LogP contribution < -0.4 is 0 Å². The van der Waals surface area contributed by atoms with Crippen LogP contribution in [0.1, 0.15) is 92.4 Å². The van der Waals surface area contributed by atoms with Gasteiger partial charge in [0, 0.05) is 12.3 Å². The fraction of sp³-hybridized carbons (Fsp3) is 0.956. The Bertz CT molecular complexity index is 1860. The minimum Gasteiger partial charge on any atom is -0.394 e. The van der Waals surface area contributed by atoms with E-state index in [9.17, 15) is 64.0 Å². The lowest BCUT2D eigenvalue weighted by atomic mass is 9.47. The van der Waals surface area contributed by atoms with Gasteiger partial charge in [0.25, 0.3) is 0 Å². The van der Waals surface area contributed by atoms with Crippen molar-refractivity contribution in [3.8, 4) is 0 Å². The number of hydrogen-bond donors (Lipinski definition) is 11. The van der Waals surface area contributed by atoms with Crippen molar-refractivity contribution in [3.63, 3.8) is 0 Å². The molecule has 0 unspecified atom stereocenters. The number of aliphatic hydroxyl groups excluding tert-OH is 9. The van der Waals surface area contributed by atoms with E-state index < -0.39 is 128 Å². The number of fused-ring (bicyclic) bond motifs is 7. The van der Waals surface area contributed by atoms with Crippen LogP contribution in [0.4, 0.5) is 0 Å². The van der Waals surface area contributed by atoms with Crippen LogP contribution >= 0.6 is 0 Å². The Morgan fingerprint density at radius 3 is 2.15 bits per heavy atom. The van der Waals surface area contributed by atoms with Gasteiger partial charge in [0.15, 0.2) is 24.7 Å². The van der Waals surface area contributed by atoms with E-state index in [1.807, 2.05) is 6.92 Å². The number of rotatable bonds is 14. The van der Waals surface area contributed by atoms with Gasteiger partial charge in [0.2, 0.25) is 0 Å². The highest BCUT2D eigenvalue weighted by Crippen LogP contribution is 2.70. The summed E-state index contributed by atoms with van der Waals surface area (Å²) in [6.45, 7) is 8.94. The second-order valence-corrected chi connectivity index (χ2v) is 22.6. The molecule has 0 bridgehead atoms. The molecule has 7 fully saturated rings. The van der Waals surface area contributed by atoms with Crippen molar-refractivity contribution >= 4 is 10.4 Å². The first-order valence-corrected chi connectivity index (χ1v) is 25.4. The zero-order chi connectivity index (χ0) is 48.7. The number of hydrogen-bond acceptors (Lipinski definition) is 20. The van der Waals surface area contributed by atoms with E-state index >= 15 is 0 Å². The van der Waals surface area contributed by atoms with Crippen molar-refractivity contribution in [3.05, 3.63) is 11.6 Å². The van der Waals surface area contributed by atoms with Gasteiger partial charge >= 0.3 is 10.4 Å². The summed E-state index contributed by atoms with van der Waals surface area (Å²) in [5.74, 6) is -0.279. The normalized spacial score (nSPS) is 52.7. The van der Waals surface area contributed by atoms with E-state index in [1.165, 1.54) is 12.5 Å². The van der Waals surface area contributed by atoms with Crippen LogP contribution in [0, 0.1) is 46.3 Å². The Morgan fingerprint density at radius 1 is 0.791 bits per heavy atom. The van der Waals surface area contributed by atoms with Crippen molar-refractivity contribution in [2.45, 2.75) is 203 Å². The van der Waals surface area contributed by atoms with Gasteiger partial charge in [-0.1, -0.05) is 39.3 Å². The van der Waals surface area contributed by atoms with Crippen LogP contribution in [0.15, 0.2) is 11.6 Å². The number of allylic oxidation sites excluding steroid dienone is 1. The predicted molar refractivity (Wildman–Crippen MR) is 228 cm³/mol. The lowest BCUT2D eigenvalue weighted by molar-refractivity contribution is -0.368. The fourth-order valence-electron chi connectivity index (χ4n) is 13.7. The highest BCUT2D eigenvalue weighted by molar-refractivity contribution is 7.80. The molecule has 3 saturated carbocycles. The van der Waals surface area contributed by atoms with Crippen molar-refractivity contribution < 1.29 is 101 Å². The highest BCUT2D eigenvalue weighted by Gasteiger charge is 2.68. The molecule has 0 aromatic carbocycles. The van der Waals surface area contributed by atoms with Crippen molar-refractivity contribution in [1.29, 1.82) is 0 Å². The molecule has 22 heteroatoms. The maximum atomic E-state index is 12.1. The maximum Gasteiger partial charge on any atom is 0.397 e. The second-order valence-electron chi connectivity index (χ2n) is 21.5. The molecule has 67 heavy (non-hydrogen) atoms. The first-order valence-electron chi connectivity index (χ1n) is 24.1. The Balaban J connectivity index is 0.905. The van der Waals surface area contributed by atoms with Gasteiger partial charge in [0.1, 0.15) is 67.1 Å². The molecule has 0 spiro atoms. The average Bonchev–Trinajstić information content (AvgIpc) is 3.72. The molecule has 4 aliphatic carbocycles. The highest BCUT2D eigenvalue weighted by atomic mass is 32.3. The smallest absolute Gasteiger partial charge is 0.394 e. The molecule has 0 aromatic rings. The number of ether oxygens (including phenoxy) is 7. The molecule has 11 N–H and O–H groups in total. The molecule has 0 radical (unpaired) electrons. The van der Waals surface area contributed by atoms with Crippen LogP contribution in [-0.2, 0) is 47.7 Å². The largest absolute Gasteiger partial charge is 0.397 e. The Morgan fingerprint density at radius 2 is 1.46 bits per heavy atom. The minimum absolute atomic E-state index is 0.0640. The van der Waals surface area contributed by atoms with E-state index in [-0.39, 0.29) is 41.3 Å². The van der Waals surface area contributed by atoms with Gasteiger partial charge in [0.05, 0.1) is 38.1 Å². The summed E-state index contributed by atoms with van der Waals surface area (Å²) in [5.41, 5.74) is 1.01. The SMILES string of the molecule is C[C@H](CC[C@@]1(O)O[C@H]2C[C@H]3[C@@H]4CC=C5C[C@@H](O[C@@H]6O[C@H](CO)[C@@H](OS(=O)(=O)O)[C@H](O)[C@H]6O[C@@H]6O[C@@H](C)[C@H](O)[C@@H](O)[C@H]6O)CC[C@]5(C)[C@H]4CC[C@]3(C)[C@H]2[C@@H]1C)CO[C@@H]1O[C@H](CO)[C@@H](O)[C@H](O)[C@H]1O. The zero-order valence-corrected chi connectivity index (χ0v) is 39.6. The molecular weight excluding hydrogens is 909 g/mol. The van der Waals surface area contributed by atoms with E-state index in [2.05, 4.69) is 26.8 Å². The summed E-state index contributed by atoms with van der Waals surface area (Å²) in [7, 11) is -5.16. The monoisotopic (exact) mass is 982 g/mol. The summed E-state index contributed by atoms with van der Waals surface area (Å²) in [5, 5.41) is 105. The molecule has 4 aliphatic heterocycles. The summed E-state index contributed by atoms with van der Waals surface area (Å²) < 4.78 is 79.7.